The van der Waals surface area contributed by atoms with Gasteiger partial charge in [-0.3, -0.25) is 4.99 Å². The molecule has 0 saturated carbocycles. The Morgan fingerprint density at radius 3 is 2.52 bits per heavy atom. The minimum Gasteiger partial charge on any atom is -0.506 e. The van der Waals surface area contributed by atoms with Gasteiger partial charge in [-0.2, -0.15) is 0 Å². The van der Waals surface area contributed by atoms with Gasteiger partial charge in [-0.25, -0.2) is 0 Å². The third-order valence-electron chi connectivity index (χ3n) is 5.36. The lowest BCUT2D eigenvalue weighted by Gasteiger charge is -2.29. The number of rotatable bonds is 2. The molecule has 0 aliphatic carbocycles. The lowest BCUT2D eigenvalue weighted by Crippen LogP contribution is -2.40. The molecule has 0 fully saturated rings. The summed E-state index contributed by atoms with van der Waals surface area (Å²) >= 11 is 0. The van der Waals surface area contributed by atoms with E-state index in [9.17, 15) is 5.11 Å². The fourth-order valence-electron chi connectivity index (χ4n) is 3.93. The summed E-state index contributed by atoms with van der Waals surface area (Å²) in [6, 6.07) is 20.3. The molecule has 0 radical (unpaired) electrons. The first-order valence-corrected chi connectivity index (χ1v) is 8.57. The van der Waals surface area contributed by atoms with Gasteiger partial charge in [0.2, 0.25) is 0 Å². The fraction of sp³-hybridized carbons (Fsp3) is 0.227. The number of fused-ring (bicyclic) bond motifs is 2. The van der Waals surface area contributed by atoms with E-state index in [1.54, 1.807) is 6.07 Å². The van der Waals surface area contributed by atoms with Crippen molar-refractivity contribution in [1.82, 2.24) is 0 Å². The van der Waals surface area contributed by atoms with Gasteiger partial charge < -0.3 is 10.0 Å². The van der Waals surface area contributed by atoms with Gasteiger partial charge in [0.25, 0.3) is 0 Å². The average Bonchev–Trinajstić information content (AvgIpc) is 2.81. The molecule has 1 N–H and O–H groups in total. The summed E-state index contributed by atoms with van der Waals surface area (Å²) in [6.07, 6.45) is 1.97. The first kappa shape index (κ1) is 15.7. The third-order valence-corrected chi connectivity index (χ3v) is 5.36. The van der Waals surface area contributed by atoms with Crippen molar-refractivity contribution in [2.24, 2.45) is 4.99 Å². The summed E-state index contributed by atoms with van der Waals surface area (Å²) in [5.41, 5.74) is 3.16. The standard InChI is InChI=1S/C22H22N2O/c1-22(2)17-10-6-7-11-18(17)24(3)20(22)14-23-21-16-9-5-4-8-15(16)12-13-19(21)25/h4-14,20,25H,1-3H3. The number of hydrogen-bond acceptors (Lipinski definition) is 3. The van der Waals surface area contributed by atoms with Crippen LogP contribution in [0, 0.1) is 0 Å². The number of phenols is 1. The molecule has 0 spiro atoms. The predicted molar refractivity (Wildman–Crippen MR) is 105 cm³/mol. The van der Waals surface area contributed by atoms with E-state index in [-0.39, 0.29) is 17.2 Å². The lowest BCUT2D eigenvalue weighted by molar-refractivity contribution is 0.477. The van der Waals surface area contributed by atoms with Crippen LogP contribution in [-0.2, 0) is 5.41 Å². The highest BCUT2D eigenvalue weighted by atomic mass is 16.3. The van der Waals surface area contributed by atoms with Crippen LogP contribution in [0.15, 0.2) is 65.7 Å². The van der Waals surface area contributed by atoms with Crippen LogP contribution in [0.25, 0.3) is 10.8 Å². The Kier molecular flexibility index (Phi) is 3.53. The Balaban J connectivity index is 1.78. The van der Waals surface area contributed by atoms with Crippen molar-refractivity contribution in [3.8, 4) is 5.75 Å². The van der Waals surface area contributed by atoms with Crippen LogP contribution in [0.2, 0.25) is 0 Å². The molecular formula is C22H22N2O. The number of aliphatic imine (C=N–C) groups is 1. The molecule has 126 valence electrons. The zero-order valence-corrected chi connectivity index (χ0v) is 14.8. The van der Waals surface area contributed by atoms with E-state index in [1.807, 2.05) is 36.5 Å². The Morgan fingerprint density at radius 1 is 1.00 bits per heavy atom. The second-order valence-corrected chi connectivity index (χ2v) is 7.23. The largest absolute Gasteiger partial charge is 0.506 e. The van der Waals surface area contributed by atoms with Gasteiger partial charge >= 0.3 is 0 Å². The number of para-hydroxylation sites is 1. The number of phenolic OH excluding ortho intramolecular Hbond substituents is 1. The maximum Gasteiger partial charge on any atom is 0.141 e. The van der Waals surface area contributed by atoms with Crippen molar-refractivity contribution in [2.75, 3.05) is 11.9 Å². The van der Waals surface area contributed by atoms with Gasteiger partial charge in [0.1, 0.15) is 11.4 Å². The number of benzene rings is 3. The average molecular weight is 330 g/mol. The van der Waals surface area contributed by atoms with E-state index in [1.165, 1.54) is 11.3 Å². The molecule has 3 aromatic rings. The SMILES string of the molecule is CN1c2ccccc2C(C)(C)C1C=Nc1c(O)ccc2ccccc12. The summed E-state index contributed by atoms with van der Waals surface area (Å²) < 4.78 is 0. The fourth-order valence-corrected chi connectivity index (χ4v) is 3.93. The molecule has 1 aliphatic heterocycles. The molecule has 1 atom stereocenters. The van der Waals surface area contributed by atoms with Crippen molar-refractivity contribution in [1.29, 1.82) is 0 Å². The van der Waals surface area contributed by atoms with Crippen molar-refractivity contribution >= 4 is 28.4 Å². The second kappa shape index (κ2) is 5.62. The van der Waals surface area contributed by atoms with Gasteiger partial charge in [0.15, 0.2) is 0 Å². The van der Waals surface area contributed by atoms with Crippen molar-refractivity contribution < 1.29 is 5.11 Å². The summed E-state index contributed by atoms with van der Waals surface area (Å²) in [5.74, 6) is 0.214. The number of nitrogens with zero attached hydrogens (tertiary/aromatic N) is 2. The molecule has 1 heterocycles. The van der Waals surface area contributed by atoms with E-state index in [4.69, 9.17) is 4.99 Å². The van der Waals surface area contributed by atoms with Crippen LogP contribution >= 0.6 is 0 Å². The Morgan fingerprint density at radius 2 is 1.72 bits per heavy atom. The lowest BCUT2D eigenvalue weighted by atomic mass is 9.81. The Bertz CT molecular complexity index is 975. The van der Waals surface area contributed by atoms with Gasteiger partial charge in [-0.1, -0.05) is 62.4 Å². The molecule has 1 unspecified atom stereocenters. The highest BCUT2D eigenvalue weighted by Crippen LogP contribution is 2.44. The van der Waals surface area contributed by atoms with Crippen LogP contribution in [-0.4, -0.2) is 24.4 Å². The van der Waals surface area contributed by atoms with E-state index in [0.717, 1.165) is 10.8 Å². The van der Waals surface area contributed by atoms with Crippen LogP contribution in [0.5, 0.6) is 5.75 Å². The minimum absolute atomic E-state index is 0.0466. The molecule has 0 aromatic heterocycles. The van der Waals surface area contributed by atoms with Gasteiger partial charge in [-0.15, -0.1) is 0 Å². The molecule has 3 nitrogen and oxygen atoms in total. The topological polar surface area (TPSA) is 35.8 Å². The molecule has 25 heavy (non-hydrogen) atoms. The number of hydrogen-bond donors (Lipinski definition) is 1. The summed E-state index contributed by atoms with van der Waals surface area (Å²) in [6.45, 7) is 4.49. The van der Waals surface area contributed by atoms with Crippen molar-refractivity contribution in [2.45, 2.75) is 25.3 Å². The van der Waals surface area contributed by atoms with Gasteiger partial charge in [-0.05, 0) is 23.1 Å². The third kappa shape index (κ3) is 2.39. The van der Waals surface area contributed by atoms with Crippen LogP contribution in [0.1, 0.15) is 19.4 Å². The summed E-state index contributed by atoms with van der Waals surface area (Å²) in [4.78, 5) is 6.99. The molecular weight excluding hydrogens is 308 g/mol. The second-order valence-electron chi connectivity index (χ2n) is 7.23. The first-order chi connectivity index (χ1) is 12.0. The van der Waals surface area contributed by atoms with E-state index >= 15 is 0 Å². The van der Waals surface area contributed by atoms with E-state index in [0.29, 0.717) is 5.69 Å². The van der Waals surface area contributed by atoms with Crippen LogP contribution in [0.3, 0.4) is 0 Å². The van der Waals surface area contributed by atoms with Gasteiger partial charge in [0.05, 0.1) is 6.04 Å². The van der Waals surface area contributed by atoms with Crippen molar-refractivity contribution in [3.05, 3.63) is 66.2 Å². The zero-order valence-electron chi connectivity index (χ0n) is 14.8. The van der Waals surface area contributed by atoms with Crippen molar-refractivity contribution in [3.63, 3.8) is 0 Å². The number of anilines is 1. The number of likely N-dealkylation sites (N-methyl/N-ethyl adjacent to an activating group) is 1. The first-order valence-electron chi connectivity index (χ1n) is 8.57. The van der Waals surface area contributed by atoms with Crippen LogP contribution in [0.4, 0.5) is 11.4 Å². The molecule has 4 rings (SSSR count). The monoisotopic (exact) mass is 330 g/mol. The Hall–Kier alpha value is -2.81. The predicted octanol–water partition coefficient (Wildman–Crippen LogP) is 5.04. The maximum atomic E-state index is 10.3. The highest BCUT2D eigenvalue weighted by Gasteiger charge is 2.41. The molecule has 0 bridgehead atoms. The van der Waals surface area contributed by atoms with E-state index in [2.05, 4.69) is 50.1 Å². The minimum atomic E-state index is -0.0466. The zero-order chi connectivity index (χ0) is 17.6. The quantitative estimate of drug-likeness (QED) is 0.668. The van der Waals surface area contributed by atoms with E-state index < -0.39 is 0 Å². The Labute approximate surface area is 148 Å². The number of aromatic hydroxyl groups is 1. The molecule has 1 aliphatic rings. The normalized spacial score (nSPS) is 18.8. The highest BCUT2D eigenvalue weighted by molar-refractivity contribution is 5.97. The maximum absolute atomic E-state index is 10.3. The van der Waals surface area contributed by atoms with Crippen LogP contribution < -0.4 is 4.90 Å². The molecule has 3 heteroatoms. The smallest absolute Gasteiger partial charge is 0.141 e. The molecule has 3 aromatic carbocycles. The molecule has 0 amide bonds. The summed E-state index contributed by atoms with van der Waals surface area (Å²) in [7, 11) is 2.10. The summed E-state index contributed by atoms with van der Waals surface area (Å²) in [5, 5.41) is 12.4. The molecule has 0 saturated heterocycles. The van der Waals surface area contributed by atoms with Gasteiger partial charge in [0, 0.05) is 29.8 Å².